The fraction of sp³-hybridized carbons (Fsp3) is 0.429. The first-order valence-electron chi connectivity index (χ1n) is 6.45. The van der Waals surface area contributed by atoms with Crippen LogP contribution in [0.15, 0.2) is 23.1 Å². The molecule has 1 atom stereocenters. The van der Waals surface area contributed by atoms with Crippen LogP contribution in [-0.4, -0.2) is 55.8 Å². The van der Waals surface area contributed by atoms with Gasteiger partial charge in [-0.1, -0.05) is 11.8 Å². The third-order valence-corrected chi connectivity index (χ3v) is 5.11. The summed E-state index contributed by atoms with van der Waals surface area (Å²) in [6.07, 6.45) is -0.214. The van der Waals surface area contributed by atoms with Crippen molar-refractivity contribution in [1.29, 1.82) is 0 Å². The lowest BCUT2D eigenvalue weighted by Crippen LogP contribution is -2.30. The number of nitrogens with zero attached hydrogens (tertiary/aromatic N) is 1. The molecule has 1 fully saturated rings. The lowest BCUT2D eigenvalue weighted by atomic mass is 10.2. The highest BCUT2D eigenvalue weighted by molar-refractivity contribution is 7.89. The summed E-state index contributed by atoms with van der Waals surface area (Å²) >= 11 is 0. The number of aliphatic hydroxyl groups is 2. The molecule has 0 saturated carbocycles. The first-order chi connectivity index (χ1) is 9.98. The minimum absolute atomic E-state index is 0.0174. The Morgan fingerprint density at radius 2 is 2.24 bits per heavy atom. The fourth-order valence-electron chi connectivity index (χ4n) is 2.17. The molecule has 0 radical (unpaired) electrons. The van der Waals surface area contributed by atoms with Crippen LogP contribution in [0.25, 0.3) is 0 Å². The van der Waals surface area contributed by atoms with Gasteiger partial charge in [0.25, 0.3) is 0 Å². The highest BCUT2D eigenvalue weighted by Gasteiger charge is 2.33. The van der Waals surface area contributed by atoms with E-state index in [1.54, 1.807) is 6.07 Å². The van der Waals surface area contributed by atoms with E-state index in [4.69, 9.17) is 9.84 Å². The summed E-state index contributed by atoms with van der Waals surface area (Å²) in [7, 11) is -2.35. The minimum Gasteiger partial charge on any atom is -0.495 e. The van der Waals surface area contributed by atoms with E-state index in [9.17, 15) is 13.5 Å². The van der Waals surface area contributed by atoms with Gasteiger partial charge in [-0.15, -0.1) is 0 Å². The summed E-state index contributed by atoms with van der Waals surface area (Å²) in [5.41, 5.74) is 0.475. The van der Waals surface area contributed by atoms with Crippen molar-refractivity contribution in [2.45, 2.75) is 17.4 Å². The maximum atomic E-state index is 12.6. The molecule has 0 amide bonds. The van der Waals surface area contributed by atoms with Crippen LogP contribution in [0, 0.1) is 11.8 Å². The molecule has 21 heavy (non-hydrogen) atoms. The summed E-state index contributed by atoms with van der Waals surface area (Å²) in [6.45, 7) is 0.0592. The molecule has 1 saturated heterocycles. The zero-order valence-electron chi connectivity index (χ0n) is 11.6. The van der Waals surface area contributed by atoms with E-state index >= 15 is 0 Å². The first-order valence-corrected chi connectivity index (χ1v) is 7.89. The molecule has 114 valence electrons. The van der Waals surface area contributed by atoms with Crippen LogP contribution in [0.4, 0.5) is 0 Å². The Morgan fingerprint density at radius 3 is 2.81 bits per heavy atom. The number of sulfonamides is 1. The molecule has 0 aliphatic carbocycles. The highest BCUT2D eigenvalue weighted by atomic mass is 32.2. The monoisotopic (exact) mass is 311 g/mol. The van der Waals surface area contributed by atoms with Crippen LogP contribution in [0.2, 0.25) is 0 Å². The fourth-order valence-corrected chi connectivity index (χ4v) is 3.84. The lowest BCUT2D eigenvalue weighted by molar-refractivity contribution is 0.189. The normalized spacial score (nSPS) is 19.1. The number of hydrogen-bond donors (Lipinski definition) is 2. The van der Waals surface area contributed by atoms with Gasteiger partial charge in [-0.05, 0) is 24.6 Å². The standard InChI is InChI=1S/C14H17NO5S/c1-20-13-5-4-11(3-2-8-16)9-14(13)21(18,19)15-7-6-12(17)10-15/h4-5,9,12,16-17H,6-8,10H2,1H3. The van der Waals surface area contributed by atoms with E-state index in [-0.39, 0.29) is 30.3 Å². The third-order valence-electron chi connectivity index (χ3n) is 3.22. The summed E-state index contributed by atoms with van der Waals surface area (Å²) in [6, 6.07) is 4.57. The second-order valence-corrected chi connectivity index (χ2v) is 6.54. The number of hydrogen-bond acceptors (Lipinski definition) is 5. The molecular weight excluding hydrogens is 294 g/mol. The number of rotatable bonds is 3. The maximum absolute atomic E-state index is 12.6. The topological polar surface area (TPSA) is 87.1 Å². The molecule has 2 N–H and O–H groups in total. The highest BCUT2D eigenvalue weighted by Crippen LogP contribution is 2.29. The van der Waals surface area contributed by atoms with E-state index in [1.165, 1.54) is 23.5 Å². The van der Waals surface area contributed by atoms with Gasteiger partial charge in [0.2, 0.25) is 10.0 Å². The molecule has 1 aromatic rings. The van der Waals surface area contributed by atoms with Crippen molar-refractivity contribution in [3.63, 3.8) is 0 Å². The van der Waals surface area contributed by atoms with Gasteiger partial charge >= 0.3 is 0 Å². The number of ether oxygens (including phenoxy) is 1. The van der Waals surface area contributed by atoms with Crippen LogP contribution in [-0.2, 0) is 10.0 Å². The van der Waals surface area contributed by atoms with Gasteiger partial charge in [-0.3, -0.25) is 0 Å². The quantitative estimate of drug-likeness (QED) is 0.755. The van der Waals surface area contributed by atoms with E-state index < -0.39 is 16.1 Å². The largest absolute Gasteiger partial charge is 0.495 e. The Labute approximate surface area is 124 Å². The third kappa shape index (κ3) is 3.36. The molecule has 2 rings (SSSR count). The first kappa shape index (κ1) is 15.8. The predicted molar refractivity (Wildman–Crippen MR) is 76.3 cm³/mol. The van der Waals surface area contributed by atoms with Gasteiger partial charge in [0.1, 0.15) is 17.3 Å². The van der Waals surface area contributed by atoms with E-state index in [0.717, 1.165) is 0 Å². The van der Waals surface area contributed by atoms with Crippen molar-refractivity contribution >= 4 is 10.0 Å². The van der Waals surface area contributed by atoms with Gasteiger partial charge in [-0.2, -0.15) is 4.31 Å². The minimum atomic E-state index is -3.74. The average molecular weight is 311 g/mol. The van der Waals surface area contributed by atoms with E-state index in [2.05, 4.69) is 11.8 Å². The zero-order chi connectivity index (χ0) is 15.5. The Morgan fingerprint density at radius 1 is 1.48 bits per heavy atom. The molecule has 1 heterocycles. The van der Waals surface area contributed by atoms with Gasteiger partial charge in [0, 0.05) is 18.7 Å². The summed E-state index contributed by atoms with van der Waals surface area (Å²) in [4.78, 5) is 0.0174. The van der Waals surface area contributed by atoms with E-state index in [0.29, 0.717) is 12.0 Å². The number of β-amino-alcohol motifs (C(OH)–C–C–N with tert-alkyl or cyclic N) is 1. The van der Waals surface area contributed by atoms with Crippen molar-refractivity contribution in [3.05, 3.63) is 23.8 Å². The lowest BCUT2D eigenvalue weighted by Gasteiger charge is -2.18. The van der Waals surface area contributed by atoms with Crippen molar-refractivity contribution in [2.75, 3.05) is 26.8 Å². The molecule has 1 unspecified atom stereocenters. The zero-order valence-corrected chi connectivity index (χ0v) is 12.4. The number of methoxy groups -OCH3 is 1. The van der Waals surface area contributed by atoms with Crippen molar-refractivity contribution in [3.8, 4) is 17.6 Å². The summed E-state index contributed by atoms with van der Waals surface area (Å²) < 4.78 is 31.6. The van der Waals surface area contributed by atoms with Crippen molar-refractivity contribution in [2.24, 2.45) is 0 Å². The van der Waals surface area contributed by atoms with Gasteiger partial charge in [-0.25, -0.2) is 8.42 Å². The van der Waals surface area contributed by atoms with Gasteiger partial charge in [0.05, 0.1) is 13.2 Å². The summed E-state index contributed by atoms with van der Waals surface area (Å²) in [5, 5.41) is 18.2. The Kier molecular flexibility index (Phi) is 4.85. The molecule has 0 aromatic heterocycles. The Balaban J connectivity index is 2.45. The van der Waals surface area contributed by atoms with E-state index in [1.807, 2.05) is 0 Å². The second kappa shape index (κ2) is 6.45. The second-order valence-electron chi connectivity index (χ2n) is 4.63. The average Bonchev–Trinajstić information content (AvgIpc) is 2.92. The molecule has 1 aliphatic rings. The number of aliphatic hydroxyl groups excluding tert-OH is 2. The molecule has 7 heteroatoms. The molecule has 6 nitrogen and oxygen atoms in total. The molecule has 0 bridgehead atoms. The van der Waals surface area contributed by atoms with Crippen molar-refractivity contribution < 1.29 is 23.4 Å². The Hall–Kier alpha value is -1.59. The molecule has 1 aliphatic heterocycles. The molecule has 1 aromatic carbocycles. The van der Waals surface area contributed by atoms with Crippen LogP contribution >= 0.6 is 0 Å². The van der Waals surface area contributed by atoms with Gasteiger partial charge in [0.15, 0.2) is 0 Å². The smallest absolute Gasteiger partial charge is 0.246 e. The predicted octanol–water partition coefficient (Wildman–Crippen LogP) is -0.206. The van der Waals surface area contributed by atoms with Crippen LogP contribution in [0.5, 0.6) is 5.75 Å². The SMILES string of the molecule is COc1ccc(C#CCO)cc1S(=O)(=O)N1CCC(O)C1. The van der Waals surface area contributed by atoms with Crippen LogP contribution in [0.1, 0.15) is 12.0 Å². The van der Waals surface area contributed by atoms with Crippen LogP contribution in [0.3, 0.4) is 0 Å². The molecular formula is C14H17NO5S. The van der Waals surface area contributed by atoms with Gasteiger partial charge < -0.3 is 14.9 Å². The van der Waals surface area contributed by atoms with Crippen molar-refractivity contribution in [1.82, 2.24) is 4.31 Å². The Bertz CT molecular complexity index is 674. The summed E-state index contributed by atoms with van der Waals surface area (Å²) in [5.74, 6) is 5.37. The maximum Gasteiger partial charge on any atom is 0.246 e. The number of benzene rings is 1. The van der Waals surface area contributed by atoms with Crippen LogP contribution < -0.4 is 4.74 Å². The molecule has 0 spiro atoms.